The van der Waals surface area contributed by atoms with Gasteiger partial charge >= 0.3 is 0 Å². The molecule has 0 heterocycles. The monoisotopic (exact) mass is 382 g/mol. The summed E-state index contributed by atoms with van der Waals surface area (Å²) in [4.78, 5) is 12.7. The van der Waals surface area contributed by atoms with Crippen molar-refractivity contribution in [1.82, 2.24) is 0 Å². The van der Waals surface area contributed by atoms with Gasteiger partial charge in [0.15, 0.2) is 5.78 Å². The molecule has 118 valence electrons. The maximum absolute atomic E-state index is 12.7. The Labute approximate surface area is 144 Å². The van der Waals surface area contributed by atoms with Gasteiger partial charge in [0.05, 0.1) is 10.6 Å². The van der Waals surface area contributed by atoms with Crippen molar-refractivity contribution in [3.05, 3.63) is 33.3 Å². The molecule has 0 saturated heterocycles. The van der Waals surface area contributed by atoms with E-state index >= 15 is 0 Å². The molecular formula is C18H20BrClO2. The van der Waals surface area contributed by atoms with Crippen molar-refractivity contribution in [2.24, 2.45) is 23.7 Å². The van der Waals surface area contributed by atoms with Crippen molar-refractivity contribution < 1.29 is 9.90 Å². The molecular weight excluding hydrogens is 364 g/mol. The van der Waals surface area contributed by atoms with Crippen LogP contribution in [0.5, 0.6) is 0 Å². The van der Waals surface area contributed by atoms with Crippen LogP contribution in [0.25, 0.3) is 0 Å². The molecule has 4 saturated carbocycles. The van der Waals surface area contributed by atoms with Crippen molar-refractivity contribution in [2.45, 2.75) is 44.1 Å². The van der Waals surface area contributed by atoms with E-state index in [-0.39, 0.29) is 5.78 Å². The number of carbonyl (C=O) groups excluding carboxylic acids is 1. The van der Waals surface area contributed by atoms with E-state index in [9.17, 15) is 9.90 Å². The Balaban J connectivity index is 1.53. The highest BCUT2D eigenvalue weighted by Gasteiger charge is 2.54. The second-order valence-electron chi connectivity index (χ2n) is 7.61. The summed E-state index contributed by atoms with van der Waals surface area (Å²) in [5.74, 6) is 2.32. The summed E-state index contributed by atoms with van der Waals surface area (Å²) in [7, 11) is 0. The van der Waals surface area contributed by atoms with Gasteiger partial charge in [0.2, 0.25) is 0 Å². The molecule has 2 nitrogen and oxygen atoms in total. The van der Waals surface area contributed by atoms with Crippen molar-refractivity contribution in [2.75, 3.05) is 0 Å². The van der Waals surface area contributed by atoms with E-state index in [1.807, 2.05) is 12.1 Å². The summed E-state index contributed by atoms with van der Waals surface area (Å²) >= 11 is 9.60. The number of rotatable bonds is 3. The van der Waals surface area contributed by atoms with Gasteiger partial charge in [-0.1, -0.05) is 27.5 Å². The van der Waals surface area contributed by atoms with Gasteiger partial charge in [0.1, 0.15) is 0 Å². The quantitative estimate of drug-likeness (QED) is 0.757. The molecule has 2 atom stereocenters. The smallest absolute Gasteiger partial charge is 0.164 e. The Morgan fingerprint density at radius 3 is 2.55 bits per heavy atom. The lowest BCUT2D eigenvalue weighted by Crippen LogP contribution is -2.54. The van der Waals surface area contributed by atoms with Crippen LogP contribution < -0.4 is 0 Å². The van der Waals surface area contributed by atoms with Crippen LogP contribution >= 0.6 is 27.5 Å². The lowest BCUT2D eigenvalue weighted by molar-refractivity contribution is -0.151. The molecule has 4 bridgehead atoms. The van der Waals surface area contributed by atoms with Gasteiger partial charge in [-0.2, -0.15) is 0 Å². The normalized spacial score (nSPS) is 39.2. The van der Waals surface area contributed by atoms with Gasteiger partial charge in [0.25, 0.3) is 0 Å². The van der Waals surface area contributed by atoms with E-state index in [0.29, 0.717) is 40.7 Å². The Kier molecular flexibility index (Phi) is 3.67. The summed E-state index contributed by atoms with van der Waals surface area (Å²) in [6, 6.07) is 5.48. The lowest BCUT2D eigenvalue weighted by atomic mass is 9.49. The average molecular weight is 384 g/mol. The van der Waals surface area contributed by atoms with Crippen LogP contribution in [0.1, 0.15) is 48.9 Å². The highest BCUT2D eigenvalue weighted by molar-refractivity contribution is 9.10. The first-order chi connectivity index (χ1) is 10.4. The zero-order chi connectivity index (χ0) is 15.5. The molecule has 0 radical (unpaired) electrons. The molecule has 5 rings (SSSR count). The predicted molar refractivity (Wildman–Crippen MR) is 90.1 cm³/mol. The molecule has 4 aliphatic rings. The van der Waals surface area contributed by atoms with E-state index in [0.717, 1.165) is 23.7 Å². The number of halogens is 2. The van der Waals surface area contributed by atoms with E-state index in [1.165, 1.54) is 12.8 Å². The minimum absolute atomic E-state index is 0.155. The number of carbonyl (C=O) groups is 1. The molecule has 22 heavy (non-hydrogen) atoms. The van der Waals surface area contributed by atoms with Crippen molar-refractivity contribution in [3.8, 4) is 0 Å². The first-order valence-electron chi connectivity index (χ1n) is 8.14. The molecule has 2 unspecified atom stereocenters. The SMILES string of the molecule is O=C(CC1C2CC3CC1CC(O)(C3)C2)c1ccc(Br)cc1Cl. The summed E-state index contributed by atoms with van der Waals surface area (Å²) in [5.41, 5.74) is 0.211. The van der Waals surface area contributed by atoms with E-state index in [1.54, 1.807) is 6.07 Å². The first-order valence-corrected chi connectivity index (χ1v) is 9.31. The fraction of sp³-hybridized carbons (Fsp3) is 0.611. The molecule has 0 spiro atoms. The Hall–Kier alpha value is -0.380. The van der Waals surface area contributed by atoms with Crippen molar-refractivity contribution in [3.63, 3.8) is 0 Å². The Morgan fingerprint density at radius 1 is 1.27 bits per heavy atom. The van der Waals surface area contributed by atoms with Gasteiger partial charge in [-0.05, 0) is 74.0 Å². The lowest BCUT2D eigenvalue weighted by Gasteiger charge is -2.58. The largest absolute Gasteiger partial charge is 0.390 e. The third-order valence-electron chi connectivity index (χ3n) is 6.09. The molecule has 4 heteroatoms. The number of benzene rings is 1. The summed E-state index contributed by atoms with van der Waals surface area (Å²) in [5, 5.41) is 11.2. The number of ketones is 1. The third kappa shape index (κ3) is 2.55. The van der Waals surface area contributed by atoms with Gasteiger partial charge < -0.3 is 5.11 Å². The molecule has 0 aliphatic heterocycles. The molecule has 4 fully saturated rings. The second kappa shape index (κ2) is 5.32. The fourth-order valence-corrected chi connectivity index (χ4v) is 6.24. The van der Waals surface area contributed by atoms with Crippen molar-refractivity contribution in [1.29, 1.82) is 0 Å². The van der Waals surface area contributed by atoms with Crippen molar-refractivity contribution >= 4 is 33.3 Å². The van der Waals surface area contributed by atoms with Crippen LogP contribution in [0.4, 0.5) is 0 Å². The molecule has 4 aliphatic carbocycles. The number of hydrogen-bond acceptors (Lipinski definition) is 2. The van der Waals surface area contributed by atoms with Crippen LogP contribution in [-0.2, 0) is 0 Å². The number of aliphatic hydroxyl groups is 1. The highest BCUT2D eigenvalue weighted by Crippen LogP contribution is 2.59. The van der Waals surface area contributed by atoms with Crippen LogP contribution in [0.3, 0.4) is 0 Å². The highest BCUT2D eigenvalue weighted by atomic mass is 79.9. The van der Waals surface area contributed by atoms with Gasteiger partial charge in [-0.15, -0.1) is 0 Å². The number of hydrogen-bond donors (Lipinski definition) is 1. The van der Waals surface area contributed by atoms with Gasteiger partial charge in [-0.25, -0.2) is 0 Å². The number of Topliss-reactive ketones (excluding diaryl/α,β-unsaturated/α-hetero) is 1. The Bertz CT molecular complexity index is 614. The zero-order valence-electron chi connectivity index (χ0n) is 12.4. The van der Waals surface area contributed by atoms with Crippen LogP contribution in [0.2, 0.25) is 5.02 Å². The summed E-state index contributed by atoms with van der Waals surface area (Å²) in [6.45, 7) is 0. The van der Waals surface area contributed by atoms with E-state index < -0.39 is 5.60 Å². The topological polar surface area (TPSA) is 37.3 Å². The van der Waals surface area contributed by atoms with E-state index in [4.69, 9.17) is 11.6 Å². The zero-order valence-corrected chi connectivity index (χ0v) is 14.7. The predicted octanol–water partition coefficient (Wildman–Crippen LogP) is 4.86. The molecule has 1 aromatic carbocycles. The first kappa shape index (κ1) is 15.2. The van der Waals surface area contributed by atoms with Gasteiger partial charge in [0, 0.05) is 16.5 Å². The minimum Gasteiger partial charge on any atom is -0.390 e. The second-order valence-corrected chi connectivity index (χ2v) is 8.93. The fourth-order valence-electron chi connectivity index (χ4n) is 5.46. The molecule has 0 aromatic heterocycles. The van der Waals surface area contributed by atoms with E-state index in [2.05, 4.69) is 15.9 Å². The average Bonchev–Trinajstić information content (AvgIpc) is 2.40. The van der Waals surface area contributed by atoms with Gasteiger partial charge in [-0.3, -0.25) is 4.79 Å². The Morgan fingerprint density at radius 2 is 1.95 bits per heavy atom. The minimum atomic E-state index is -0.425. The summed E-state index contributed by atoms with van der Waals surface area (Å²) in [6.07, 6.45) is 5.76. The maximum atomic E-state index is 12.7. The third-order valence-corrected chi connectivity index (χ3v) is 6.89. The summed E-state index contributed by atoms with van der Waals surface area (Å²) < 4.78 is 0.894. The standard InChI is InChI=1S/C18H20BrClO2/c19-13-1-2-14(16(20)5-13)17(21)6-15-11-3-10-4-12(15)9-18(22,7-10)8-11/h1-2,5,10-12,15,22H,3-4,6-9H2. The molecule has 1 aromatic rings. The van der Waals surface area contributed by atoms with Crippen LogP contribution in [-0.4, -0.2) is 16.5 Å². The molecule has 0 amide bonds. The molecule has 1 N–H and O–H groups in total. The maximum Gasteiger partial charge on any atom is 0.164 e. The van der Waals surface area contributed by atoms with Crippen LogP contribution in [0, 0.1) is 23.7 Å². The van der Waals surface area contributed by atoms with Crippen LogP contribution in [0.15, 0.2) is 22.7 Å².